The summed E-state index contributed by atoms with van der Waals surface area (Å²) in [5.41, 5.74) is 1.34. The molecular formula is C16H21N3O. The van der Waals surface area contributed by atoms with Crippen molar-refractivity contribution in [3.8, 4) is 0 Å². The summed E-state index contributed by atoms with van der Waals surface area (Å²) in [6.45, 7) is 1.74. The molecule has 0 atom stereocenters. The Bertz CT molecular complexity index is 581. The molecule has 1 aromatic carbocycles. The molecule has 0 fully saturated rings. The predicted molar refractivity (Wildman–Crippen MR) is 81.9 cm³/mol. The van der Waals surface area contributed by atoms with Crippen LogP contribution in [0.2, 0.25) is 0 Å². The molecule has 0 radical (unpaired) electrons. The minimum Gasteiger partial charge on any atom is -0.351 e. The first kappa shape index (κ1) is 14.5. The third kappa shape index (κ3) is 4.03. The van der Waals surface area contributed by atoms with Crippen molar-refractivity contribution < 1.29 is 4.79 Å². The summed E-state index contributed by atoms with van der Waals surface area (Å²) in [5, 5.41) is 3.97. The lowest BCUT2D eigenvalue weighted by molar-refractivity contribution is 0.0948. The van der Waals surface area contributed by atoms with Gasteiger partial charge >= 0.3 is 0 Å². The first-order chi connectivity index (χ1) is 9.66. The predicted octanol–water partition coefficient (Wildman–Crippen LogP) is 2.31. The Kier molecular flexibility index (Phi) is 5.07. The Morgan fingerprint density at radius 1 is 1.15 bits per heavy atom. The fourth-order valence-electron chi connectivity index (χ4n) is 2.04. The molecule has 1 heterocycles. The summed E-state index contributed by atoms with van der Waals surface area (Å²) in [6, 6.07) is 11.5. The van der Waals surface area contributed by atoms with Gasteiger partial charge in [-0.05, 0) is 45.6 Å². The lowest BCUT2D eigenvalue weighted by atomic mass is 10.2. The van der Waals surface area contributed by atoms with Gasteiger partial charge in [0.25, 0.3) is 5.91 Å². The van der Waals surface area contributed by atoms with E-state index < -0.39 is 0 Å². The van der Waals surface area contributed by atoms with E-state index in [9.17, 15) is 4.79 Å². The van der Waals surface area contributed by atoms with Gasteiger partial charge in [0.05, 0.1) is 5.52 Å². The quantitative estimate of drug-likeness (QED) is 0.820. The van der Waals surface area contributed by atoms with Crippen LogP contribution in [0.4, 0.5) is 0 Å². The van der Waals surface area contributed by atoms with Crippen LogP contribution in [0, 0.1) is 0 Å². The Hall–Kier alpha value is -1.94. The van der Waals surface area contributed by atoms with Crippen molar-refractivity contribution in [2.24, 2.45) is 0 Å². The van der Waals surface area contributed by atoms with Gasteiger partial charge in [0.15, 0.2) is 0 Å². The van der Waals surface area contributed by atoms with E-state index in [2.05, 4.69) is 29.3 Å². The van der Waals surface area contributed by atoms with E-state index in [0.717, 1.165) is 30.3 Å². The number of fused-ring (bicyclic) bond motifs is 1. The van der Waals surface area contributed by atoms with Crippen molar-refractivity contribution in [1.29, 1.82) is 0 Å². The van der Waals surface area contributed by atoms with Crippen LogP contribution in [0.5, 0.6) is 0 Å². The highest BCUT2D eigenvalue weighted by Gasteiger charge is 2.07. The topological polar surface area (TPSA) is 45.2 Å². The summed E-state index contributed by atoms with van der Waals surface area (Å²) in [7, 11) is 4.11. The van der Waals surface area contributed by atoms with Gasteiger partial charge in [-0.15, -0.1) is 0 Å². The van der Waals surface area contributed by atoms with Gasteiger partial charge in [-0.25, -0.2) is 4.98 Å². The maximum absolute atomic E-state index is 12.0. The molecule has 1 aromatic heterocycles. The number of carbonyl (C=O) groups is 1. The van der Waals surface area contributed by atoms with Crippen LogP contribution in [0.3, 0.4) is 0 Å². The van der Waals surface area contributed by atoms with Crippen molar-refractivity contribution in [2.45, 2.75) is 12.8 Å². The van der Waals surface area contributed by atoms with E-state index in [1.54, 1.807) is 6.07 Å². The SMILES string of the molecule is CN(C)CCCCNC(=O)c1ccc2ccccc2n1. The van der Waals surface area contributed by atoms with Crippen LogP contribution in [-0.4, -0.2) is 43.0 Å². The molecule has 4 nitrogen and oxygen atoms in total. The number of aromatic nitrogens is 1. The summed E-state index contributed by atoms with van der Waals surface area (Å²) >= 11 is 0. The molecule has 0 saturated carbocycles. The third-order valence-electron chi connectivity index (χ3n) is 3.15. The van der Waals surface area contributed by atoms with Gasteiger partial charge in [0.1, 0.15) is 5.69 Å². The molecular weight excluding hydrogens is 250 g/mol. The van der Waals surface area contributed by atoms with E-state index in [0.29, 0.717) is 12.2 Å². The van der Waals surface area contributed by atoms with Crippen molar-refractivity contribution in [3.05, 3.63) is 42.1 Å². The number of hydrogen-bond donors (Lipinski definition) is 1. The summed E-state index contributed by atoms with van der Waals surface area (Å²) < 4.78 is 0. The molecule has 4 heteroatoms. The second-order valence-corrected chi connectivity index (χ2v) is 5.16. The molecule has 0 bridgehead atoms. The van der Waals surface area contributed by atoms with Gasteiger partial charge < -0.3 is 10.2 Å². The minimum absolute atomic E-state index is 0.0967. The fourth-order valence-corrected chi connectivity index (χ4v) is 2.04. The molecule has 106 valence electrons. The van der Waals surface area contributed by atoms with Gasteiger partial charge in [-0.3, -0.25) is 4.79 Å². The average molecular weight is 271 g/mol. The zero-order chi connectivity index (χ0) is 14.4. The Balaban J connectivity index is 1.87. The molecule has 20 heavy (non-hydrogen) atoms. The fraction of sp³-hybridized carbons (Fsp3) is 0.375. The van der Waals surface area contributed by atoms with Crippen LogP contribution >= 0.6 is 0 Å². The van der Waals surface area contributed by atoms with E-state index in [-0.39, 0.29) is 5.91 Å². The maximum Gasteiger partial charge on any atom is 0.269 e. The number of carbonyl (C=O) groups excluding carboxylic acids is 1. The normalized spacial score (nSPS) is 10.9. The molecule has 0 spiro atoms. The van der Waals surface area contributed by atoms with E-state index >= 15 is 0 Å². The molecule has 0 saturated heterocycles. The third-order valence-corrected chi connectivity index (χ3v) is 3.15. The number of para-hydroxylation sites is 1. The summed E-state index contributed by atoms with van der Waals surface area (Å²) in [4.78, 5) is 18.5. The van der Waals surface area contributed by atoms with E-state index in [1.807, 2.05) is 30.3 Å². The highest BCUT2D eigenvalue weighted by Crippen LogP contribution is 2.11. The Morgan fingerprint density at radius 3 is 2.75 bits per heavy atom. The number of pyridine rings is 1. The lowest BCUT2D eigenvalue weighted by Gasteiger charge is -2.09. The Labute approximate surface area is 119 Å². The van der Waals surface area contributed by atoms with Crippen LogP contribution < -0.4 is 5.32 Å². The van der Waals surface area contributed by atoms with Gasteiger partial charge in [0, 0.05) is 11.9 Å². The molecule has 0 aliphatic rings. The molecule has 2 aromatic rings. The lowest BCUT2D eigenvalue weighted by Crippen LogP contribution is -2.26. The highest BCUT2D eigenvalue weighted by molar-refractivity contribution is 5.94. The number of nitrogens with zero attached hydrogens (tertiary/aromatic N) is 2. The second kappa shape index (κ2) is 7.01. The van der Waals surface area contributed by atoms with E-state index in [1.165, 1.54) is 0 Å². The second-order valence-electron chi connectivity index (χ2n) is 5.16. The largest absolute Gasteiger partial charge is 0.351 e. The van der Waals surface area contributed by atoms with Crippen LogP contribution in [0.15, 0.2) is 36.4 Å². The summed E-state index contributed by atoms with van der Waals surface area (Å²) in [6.07, 6.45) is 2.07. The number of benzene rings is 1. The zero-order valence-electron chi connectivity index (χ0n) is 12.1. The standard InChI is InChI=1S/C16H21N3O/c1-19(2)12-6-5-11-17-16(20)15-10-9-13-7-3-4-8-14(13)18-15/h3-4,7-10H,5-6,11-12H2,1-2H3,(H,17,20). The van der Waals surface area contributed by atoms with Crippen LogP contribution in [-0.2, 0) is 0 Å². The first-order valence-corrected chi connectivity index (χ1v) is 6.95. The number of unbranched alkanes of at least 4 members (excludes halogenated alkanes) is 1. The first-order valence-electron chi connectivity index (χ1n) is 6.95. The van der Waals surface area contributed by atoms with Crippen molar-refractivity contribution >= 4 is 16.8 Å². The van der Waals surface area contributed by atoms with Crippen LogP contribution in [0.1, 0.15) is 23.3 Å². The molecule has 1 N–H and O–H groups in total. The molecule has 0 aliphatic heterocycles. The number of rotatable bonds is 6. The molecule has 0 aliphatic carbocycles. The number of hydrogen-bond acceptors (Lipinski definition) is 3. The van der Waals surface area contributed by atoms with Gasteiger partial charge in [-0.2, -0.15) is 0 Å². The average Bonchev–Trinajstić information content (AvgIpc) is 2.46. The smallest absolute Gasteiger partial charge is 0.269 e. The molecule has 1 amide bonds. The monoisotopic (exact) mass is 271 g/mol. The highest BCUT2D eigenvalue weighted by atomic mass is 16.1. The van der Waals surface area contributed by atoms with Crippen LogP contribution in [0.25, 0.3) is 10.9 Å². The molecule has 2 rings (SSSR count). The minimum atomic E-state index is -0.0967. The maximum atomic E-state index is 12.0. The van der Waals surface area contributed by atoms with Crippen molar-refractivity contribution in [1.82, 2.24) is 15.2 Å². The van der Waals surface area contributed by atoms with E-state index in [4.69, 9.17) is 0 Å². The van der Waals surface area contributed by atoms with Gasteiger partial charge in [-0.1, -0.05) is 24.3 Å². The number of nitrogens with one attached hydrogen (secondary N) is 1. The van der Waals surface area contributed by atoms with Crippen molar-refractivity contribution in [2.75, 3.05) is 27.2 Å². The molecule has 0 unspecified atom stereocenters. The van der Waals surface area contributed by atoms with Gasteiger partial charge in [0.2, 0.25) is 0 Å². The number of amides is 1. The summed E-state index contributed by atoms with van der Waals surface area (Å²) in [5.74, 6) is -0.0967. The van der Waals surface area contributed by atoms with Crippen molar-refractivity contribution in [3.63, 3.8) is 0 Å². The Morgan fingerprint density at radius 2 is 1.95 bits per heavy atom. The zero-order valence-corrected chi connectivity index (χ0v) is 12.1.